The van der Waals surface area contributed by atoms with E-state index >= 15 is 0 Å². The van der Waals surface area contributed by atoms with E-state index in [1.165, 1.54) is 38.6 Å². The summed E-state index contributed by atoms with van der Waals surface area (Å²) in [6, 6.07) is 9.31. The summed E-state index contributed by atoms with van der Waals surface area (Å²) in [5.41, 5.74) is 16.7. The van der Waals surface area contributed by atoms with Crippen LogP contribution in [-0.2, 0) is 40.1 Å². The Morgan fingerprint density at radius 2 is 1.71 bits per heavy atom. The lowest BCUT2D eigenvalue weighted by Gasteiger charge is -2.49. The quantitative estimate of drug-likeness (QED) is 0.0384. The zero-order valence-corrected chi connectivity index (χ0v) is 35.7. The van der Waals surface area contributed by atoms with Gasteiger partial charge in [-0.05, 0) is 66.6 Å². The zero-order valence-electron chi connectivity index (χ0n) is 35.7. The molecule has 20 heteroatoms. The van der Waals surface area contributed by atoms with Crippen LogP contribution in [0.3, 0.4) is 0 Å². The van der Waals surface area contributed by atoms with Crippen LogP contribution in [0.25, 0.3) is 0 Å². The fraction of sp³-hybridized carbons (Fsp3) is 0.356. The molecule has 4 heterocycles. The van der Waals surface area contributed by atoms with Gasteiger partial charge >= 0.3 is 0 Å². The number of rotatable bonds is 15. The average Bonchev–Trinajstić information content (AvgIpc) is 3.61. The summed E-state index contributed by atoms with van der Waals surface area (Å²) >= 11 is 0. The number of carbonyl (C=O) groups is 4. The molecule has 2 aromatic heterocycles. The Morgan fingerprint density at radius 3 is 2.34 bits per heavy atom. The number of nitrogens with two attached hydrogens (primary N) is 3. The Balaban J connectivity index is 1.25. The van der Waals surface area contributed by atoms with Gasteiger partial charge in [0, 0.05) is 78.9 Å². The summed E-state index contributed by atoms with van der Waals surface area (Å²) in [5, 5.41) is 61.2. The molecule has 2 aromatic carbocycles. The lowest BCUT2D eigenvalue weighted by Crippen LogP contribution is -2.68. The van der Waals surface area contributed by atoms with E-state index in [9.17, 15) is 44.7 Å². The summed E-state index contributed by atoms with van der Waals surface area (Å²) in [4.78, 5) is 67.9. The number of nitrogen functional groups attached to an aromatic ring is 2. The number of aromatic nitrogens is 2. The molecule has 6 atom stereocenters. The maximum absolute atomic E-state index is 14.9. The lowest BCUT2D eigenvalue weighted by molar-refractivity contribution is -0.315. The van der Waals surface area contributed by atoms with Gasteiger partial charge in [-0.2, -0.15) is 0 Å². The smallest absolute Gasteiger partial charge is 0.253 e. The van der Waals surface area contributed by atoms with Gasteiger partial charge < -0.3 is 62.3 Å². The topological polar surface area (TPSA) is 329 Å². The number of aliphatic hydroxyl groups is 4. The predicted molar refractivity (Wildman–Crippen MR) is 233 cm³/mol. The Labute approximate surface area is 372 Å². The summed E-state index contributed by atoms with van der Waals surface area (Å²) in [6.07, 6.45) is -2.21. The maximum Gasteiger partial charge on any atom is 0.253 e. The van der Waals surface area contributed by atoms with Crippen LogP contribution in [0.1, 0.15) is 78.9 Å². The van der Waals surface area contributed by atoms with Gasteiger partial charge in [0.25, 0.3) is 11.8 Å². The highest BCUT2D eigenvalue weighted by Crippen LogP contribution is 2.46. The molecule has 7 rings (SSSR count). The van der Waals surface area contributed by atoms with Gasteiger partial charge in [-0.15, -0.1) is 0 Å². The second-order valence-electron chi connectivity index (χ2n) is 15.9. The van der Waals surface area contributed by atoms with Crippen molar-refractivity contribution >= 4 is 41.0 Å². The number of hydrogen-bond donors (Lipinski definition) is 9. The van der Waals surface area contributed by atoms with Crippen molar-refractivity contribution in [3.63, 3.8) is 0 Å². The first-order chi connectivity index (χ1) is 31.0. The van der Waals surface area contributed by atoms with Crippen molar-refractivity contribution in [2.45, 2.75) is 75.3 Å². The molecule has 65 heavy (non-hydrogen) atoms. The number of carbonyl (C=O) groups excluding carboxylic acids is 4. The van der Waals surface area contributed by atoms with Crippen molar-refractivity contribution in [3.05, 3.63) is 111 Å². The van der Waals surface area contributed by atoms with Crippen molar-refractivity contribution in [2.24, 2.45) is 10.7 Å². The Hall–Kier alpha value is -6.97. The fourth-order valence-corrected chi connectivity index (χ4v) is 8.66. The van der Waals surface area contributed by atoms with E-state index in [4.69, 9.17) is 31.4 Å². The molecule has 20 nitrogen and oxygen atoms in total. The standard InChI is InChI=1S/C45H50N8O12/c1-4-25-28(63-3)15-29(37-35(25)38(57)26-13-23(7-5-21-6-8-31(46)51-17-21)27(18-52-44(48)49-2)39(58)36(26)40(37)59)64-43-41(60)42(61)45(62,30(20-54)65-43)16-24(22-11-12-50-32(47)14-22)19-53-33(55)9-10-34(53)56/h6,8-15,17,24,30,41-43,54,58,60-62H,4-5,7,16,18-20H2,1-3H3,(H2,46,51)(H2,47,50)(H3,48,49,52). The number of benzene rings is 2. The first-order valence-electron chi connectivity index (χ1n) is 20.7. The number of ether oxygens (including phenoxy) is 3. The number of pyridine rings is 2. The molecule has 342 valence electrons. The third-order valence-electron chi connectivity index (χ3n) is 12.1. The predicted octanol–water partition coefficient (Wildman–Crippen LogP) is 0.160. The van der Waals surface area contributed by atoms with E-state index in [-0.39, 0.29) is 70.6 Å². The zero-order chi connectivity index (χ0) is 46.9. The summed E-state index contributed by atoms with van der Waals surface area (Å²) in [5.74, 6) is -3.89. The van der Waals surface area contributed by atoms with Crippen LogP contribution >= 0.6 is 0 Å². The number of phenols is 1. The van der Waals surface area contributed by atoms with Gasteiger partial charge in [0.15, 0.2) is 11.7 Å². The highest BCUT2D eigenvalue weighted by molar-refractivity contribution is 6.31. The second-order valence-corrected chi connectivity index (χ2v) is 15.9. The number of aliphatic imine (C=N–C) groups is 1. The molecule has 1 aliphatic carbocycles. The normalized spacial score (nSPS) is 22.2. The van der Waals surface area contributed by atoms with Gasteiger partial charge in [0.1, 0.15) is 52.8 Å². The Bertz CT molecular complexity index is 2580. The third kappa shape index (κ3) is 8.68. The minimum Gasteiger partial charge on any atom is -0.507 e. The minimum absolute atomic E-state index is 0.0481. The molecule has 4 aromatic rings. The van der Waals surface area contributed by atoms with E-state index in [1.807, 2.05) is 0 Å². The van der Waals surface area contributed by atoms with Crippen molar-refractivity contribution in [3.8, 4) is 17.2 Å². The largest absolute Gasteiger partial charge is 0.507 e. The number of guanidine groups is 1. The van der Waals surface area contributed by atoms with E-state index < -0.39 is 78.3 Å². The Kier molecular flexibility index (Phi) is 13.2. The second kappa shape index (κ2) is 18.6. The van der Waals surface area contributed by atoms with Gasteiger partial charge in [0.2, 0.25) is 12.1 Å². The van der Waals surface area contributed by atoms with Crippen molar-refractivity contribution in [2.75, 3.05) is 38.8 Å². The lowest BCUT2D eigenvalue weighted by atomic mass is 9.75. The molecule has 0 saturated carbocycles. The van der Waals surface area contributed by atoms with Gasteiger partial charge in [0.05, 0.1) is 24.8 Å². The van der Waals surface area contributed by atoms with Gasteiger partial charge in [-0.25, -0.2) is 9.97 Å². The van der Waals surface area contributed by atoms with Crippen LogP contribution in [0, 0.1) is 0 Å². The maximum atomic E-state index is 14.9. The number of fused-ring (bicyclic) bond motifs is 2. The molecule has 6 unspecified atom stereocenters. The van der Waals surface area contributed by atoms with Crippen molar-refractivity contribution < 1.29 is 58.9 Å². The van der Waals surface area contributed by atoms with Crippen LogP contribution in [0.4, 0.5) is 11.6 Å². The molecular formula is C45H50N8O12. The number of amides is 2. The number of aryl methyl sites for hydroxylation is 2. The van der Waals surface area contributed by atoms with Gasteiger partial charge in [-0.3, -0.25) is 29.1 Å². The SMILES string of the molecule is CCc1c(OC)cc(OC2OC(CO)C(O)(CC(CN3C(=O)C=CC3=O)c3ccnc(N)c3)C(O)C2O)c2c1C(=O)c1cc(CCc3ccc(N)nc3)c(CNC(N)=NC)c(O)c1C2=O. The van der Waals surface area contributed by atoms with Gasteiger partial charge in [-0.1, -0.05) is 13.0 Å². The first-order valence-corrected chi connectivity index (χ1v) is 20.7. The average molecular weight is 895 g/mol. The van der Waals surface area contributed by atoms with E-state index in [1.54, 1.807) is 31.3 Å². The molecule has 12 N–H and O–H groups in total. The molecule has 0 radical (unpaired) electrons. The van der Waals surface area contributed by atoms with Crippen molar-refractivity contribution in [1.82, 2.24) is 20.2 Å². The molecule has 3 aliphatic rings. The third-order valence-corrected chi connectivity index (χ3v) is 12.1. The van der Waals surface area contributed by atoms with E-state index in [0.29, 0.717) is 35.3 Å². The summed E-state index contributed by atoms with van der Waals surface area (Å²) < 4.78 is 17.9. The molecule has 0 bridgehead atoms. The van der Waals surface area contributed by atoms with E-state index in [2.05, 4.69) is 20.3 Å². The monoisotopic (exact) mass is 894 g/mol. The molecule has 2 aliphatic heterocycles. The summed E-state index contributed by atoms with van der Waals surface area (Å²) in [7, 11) is 2.81. The first kappa shape index (κ1) is 46.0. The highest BCUT2D eigenvalue weighted by Gasteiger charge is 2.57. The number of methoxy groups -OCH3 is 1. The molecule has 2 amide bonds. The van der Waals surface area contributed by atoms with Crippen molar-refractivity contribution in [1.29, 1.82) is 0 Å². The number of imide groups is 1. The molecule has 0 spiro atoms. The van der Waals surface area contributed by atoms with Crippen LogP contribution < -0.4 is 32.0 Å². The Morgan fingerprint density at radius 1 is 0.969 bits per heavy atom. The van der Waals surface area contributed by atoms with Crippen LogP contribution in [0.5, 0.6) is 17.2 Å². The molecular weight excluding hydrogens is 845 g/mol. The highest BCUT2D eigenvalue weighted by atomic mass is 16.7. The minimum atomic E-state index is -2.46. The molecule has 1 fully saturated rings. The van der Waals surface area contributed by atoms with Crippen LogP contribution in [-0.4, -0.2) is 127 Å². The number of hydrogen-bond acceptors (Lipinski definition) is 17. The number of anilines is 2. The number of aromatic hydroxyl groups is 1. The van der Waals surface area contributed by atoms with Crippen LogP contribution in [0.15, 0.2) is 65.9 Å². The number of nitrogens with zero attached hydrogens (tertiary/aromatic N) is 4. The number of ketones is 2. The number of nitrogens with one attached hydrogen (secondary N) is 1. The fourth-order valence-electron chi connectivity index (χ4n) is 8.66. The number of phenolic OH excluding ortho intramolecular Hbond substituents is 1. The van der Waals surface area contributed by atoms with E-state index in [0.717, 1.165) is 22.6 Å². The number of aliphatic hydroxyl groups excluding tert-OH is 3. The molecule has 1 saturated heterocycles. The summed E-state index contributed by atoms with van der Waals surface area (Å²) in [6.45, 7) is 0.433. The van der Waals surface area contributed by atoms with Crippen LogP contribution in [0.2, 0.25) is 0 Å².